The Balaban J connectivity index is 1.99. The lowest BCUT2D eigenvalue weighted by atomic mass is 9.97. The Bertz CT molecular complexity index is 970. The van der Waals surface area contributed by atoms with E-state index in [-0.39, 0.29) is 30.1 Å². The molecule has 2 aromatic heterocycles. The Kier molecular flexibility index (Phi) is 3.57. The molecule has 0 bridgehead atoms. The van der Waals surface area contributed by atoms with Crippen molar-refractivity contribution >= 4 is 17.1 Å². The summed E-state index contributed by atoms with van der Waals surface area (Å²) in [5, 5.41) is 19.8. The van der Waals surface area contributed by atoms with Gasteiger partial charge in [-0.25, -0.2) is 4.98 Å². The van der Waals surface area contributed by atoms with Gasteiger partial charge in [0.1, 0.15) is 6.10 Å². The minimum atomic E-state index is -1.16. The number of anilines is 1. The average Bonchev–Trinajstić information content (AvgIpc) is 3.17. The number of fused-ring (bicyclic) bond motifs is 1. The van der Waals surface area contributed by atoms with Crippen molar-refractivity contribution in [2.24, 2.45) is 0 Å². The number of aromatic nitrogens is 4. The van der Waals surface area contributed by atoms with Crippen LogP contribution in [-0.4, -0.2) is 48.5 Å². The fourth-order valence-electron chi connectivity index (χ4n) is 3.32. The number of nitrogens with zero attached hydrogens (tertiary/aromatic N) is 3. The SMILES string of the molecule is Nc1nc2c(ncn2[C@@]2(c3ccccc3)C[C@H](O)[C@@H](CO)O2)c(=O)[nH]1. The van der Waals surface area contributed by atoms with Gasteiger partial charge in [0.25, 0.3) is 5.56 Å². The summed E-state index contributed by atoms with van der Waals surface area (Å²) >= 11 is 0. The van der Waals surface area contributed by atoms with E-state index < -0.39 is 23.5 Å². The molecule has 3 aromatic rings. The number of H-pyrrole nitrogens is 1. The van der Waals surface area contributed by atoms with Gasteiger partial charge in [0.05, 0.1) is 19.0 Å². The maximum atomic E-state index is 12.1. The fourth-order valence-corrected chi connectivity index (χ4v) is 3.32. The third kappa shape index (κ3) is 2.32. The van der Waals surface area contributed by atoms with Crippen molar-refractivity contribution in [1.82, 2.24) is 19.5 Å². The van der Waals surface area contributed by atoms with Gasteiger partial charge in [-0.1, -0.05) is 30.3 Å². The first-order valence-corrected chi connectivity index (χ1v) is 7.81. The van der Waals surface area contributed by atoms with E-state index in [1.165, 1.54) is 6.33 Å². The quantitative estimate of drug-likeness (QED) is 0.505. The molecular formula is C16H17N5O4. The van der Waals surface area contributed by atoms with Crippen LogP contribution in [0.25, 0.3) is 11.2 Å². The van der Waals surface area contributed by atoms with E-state index in [4.69, 9.17) is 10.5 Å². The van der Waals surface area contributed by atoms with Gasteiger partial charge in [-0.2, -0.15) is 4.98 Å². The average molecular weight is 343 g/mol. The zero-order valence-electron chi connectivity index (χ0n) is 13.2. The number of rotatable bonds is 3. The van der Waals surface area contributed by atoms with Crippen LogP contribution in [0.2, 0.25) is 0 Å². The van der Waals surface area contributed by atoms with Crippen LogP contribution in [0.3, 0.4) is 0 Å². The summed E-state index contributed by atoms with van der Waals surface area (Å²) in [6.45, 7) is -0.335. The summed E-state index contributed by atoms with van der Waals surface area (Å²) in [6, 6.07) is 9.22. The first-order valence-electron chi connectivity index (χ1n) is 7.81. The highest BCUT2D eigenvalue weighted by Crippen LogP contribution is 2.42. The normalized spacial score (nSPS) is 26.3. The van der Waals surface area contributed by atoms with Gasteiger partial charge in [0.2, 0.25) is 5.95 Å². The lowest BCUT2D eigenvalue weighted by molar-refractivity contribution is -0.0898. The summed E-state index contributed by atoms with van der Waals surface area (Å²) in [4.78, 5) is 22.8. The van der Waals surface area contributed by atoms with Crippen molar-refractivity contribution in [3.63, 3.8) is 0 Å². The number of hydrogen-bond acceptors (Lipinski definition) is 7. The summed E-state index contributed by atoms with van der Waals surface area (Å²) in [5.41, 5.74) is 5.17. The molecule has 9 heteroatoms. The maximum absolute atomic E-state index is 12.1. The molecule has 0 saturated carbocycles. The highest BCUT2D eigenvalue weighted by atomic mass is 16.6. The Hall–Kier alpha value is -2.75. The van der Waals surface area contributed by atoms with Crippen LogP contribution in [0.5, 0.6) is 0 Å². The van der Waals surface area contributed by atoms with E-state index in [9.17, 15) is 15.0 Å². The molecular weight excluding hydrogens is 326 g/mol. The molecule has 9 nitrogen and oxygen atoms in total. The van der Waals surface area contributed by atoms with Gasteiger partial charge < -0.3 is 20.7 Å². The second kappa shape index (κ2) is 5.66. The van der Waals surface area contributed by atoms with E-state index in [2.05, 4.69) is 15.0 Å². The molecule has 1 fully saturated rings. The molecule has 3 heterocycles. The van der Waals surface area contributed by atoms with Crippen molar-refractivity contribution in [2.45, 2.75) is 24.4 Å². The highest BCUT2D eigenvalue weighted by molar-refractivity contribution is 5.71. The van der Waals surface area contributed by atoms with Crippen molar-refractivity contribution < 1.29 is 14.9 Å². The van der Waals surface area contributed by atoms with E-state index in [1.54, 1.807) is 4.57 Å². The van der Waals surface area contributed by atoms with Crippen LogP contribution in [0.15, 0.2) is 41.5 Å². The monoisotopic (exact) mass is 343 g/mol. The van der Waals surface area contributed by atoms with E-state index in [0.29, 0.717) is 0 Å². The first kappa shape index (κ1) is 15.8. The topological polar surface area (TPSA) is 139 Å². The number of nitrogens with two attached hydrogens (primary N) is 1. The van der Waals surface area contributed by atoms with Crippen LogP contribution in [0, 0.1) is 0 Å². The lowest BCUT2D eigenvalue weighted by Gasteiger charge is -2.31. The van der Waals surface area contributed by atoms with Gasteiger partial charge in [-0.05, 0) is 0 Å². The van der Waals surface area contributed by atoms with E-state index in [1.807, 2.05) is 30.3 Å². The predicted molar refractivity (Wildman–Crippen MR) is 88.7 cm³/mol. The van der Waals surface area contributed by atoms with Crippen LogP contribution in [-0.2, 0) is 10.5 Å². The number of aliphatic hydroxyl groups is 2. The summed E-state index contributed by atoms with van der Waals surface area (Å²) in [7, 11) is 0. The third-order valence-electron chi connectivity index (χ3n) is 4.48. The molecule has 0 amide bonds. The number of nitrogen functional groups attached to an aromatic ring is 1. The summed E-state index contributed by atoms with van der Waals surface area (Å²) in [6.07, 6.45) is -0.0486. The number of aliphatic hydroxyl groups excluding tert-OH is 2. The van der Waals surface area contributed by atoms with Gasteiger partial charge >= 0.3 is 0 Å². The Morgan fingerprint density at radius 2 is 2.16 bits per heavy atom. The van der Waals surface area contributed by atoms with Gasteiger partial charge in [-0.3, -0.25) is 14.3 Å². The molecule has 1 saturated heterocycles. The molecule has 4 rings (SSSR count). The summed E-state index contributed by atoms with van der Waals surface area (Å²) in [5.74, 6) is -0.0419. The number of nitrogens with one attached hydrogen (secondary N) is 1. The molecule has 25 heavy (non-hydrogen) atoms. The van der Waals surface area contributed by atoms with Crippen LogP contribution < -0.4 is 11.3 Å². The van der Waals surface area contributed by atoms with Gasteiger partial charge in [0.15, 0.2) is 16.9 Å². The number of hydrogen-bond donors (Lipinski definition) is 4. The fraction of sp³-hybridized carbons (Fsp3) is 0.312. The molecule has 0 spiro atoms. The highest BCUT2D eigenvalue weighted by Gasteiger charge is 2.49. The third-order valence-corrected chi connectivity index (χ3v) is 4.48. The number of imidazole rings is 1. The van der Waals surface area contributed by atoms with E-state index >= 15 is 0 Å². The second-order valence-electron chi connectivity index (χ2n) is 6.00. The number of benzene rings is 1. The standard InChI is InChI=1S/C16H17N5O4/c17-15-19-13-12(14(24)20-15)18-8-21(13)16(9-4-2-1-3-5-9)6-10(23)11(7-22)25-16/h1-5,8,10-11,22-23H,6-7H2,(H3,17,19,20,24)/t10-,11+,16-/m0/s1. The molecule has 3 atom stereocenters. The minimum Gasteiger partial charge on any atom is -0.394 e. The zero-order valence-corrected chi connectivity index (χ0v) is 13.2. The maximum Gasteiger partial charge on any atom is 0.280 e. The molecule has 5 N–H and O–H groups in total. The molecule has 1 aromatic carbocycles. The molecule has 130 valence electrons. The smallest absolute Gasteiger partial charge is 0.280 e. The molecule has 0 aliphatic carbocycles. The number of ether oxygens (including phenoxy) is 1. The lowest BCUT2D eigenvalue weighted by Crippen LogP contribution is -2.35. The molecule has 1 aliphatic rings. The Morgan fingerprint density at radius 1 is 1.40 bits per heavy atom. The van der Waals surface area contributed by atoms with E-state index in [0.717, 1.165) is 5.56 Å². The Labute approximate surface area is 141 Å². The predicted octanol–water partition coefficient (Wildman–Crippen LogP) is -0.455. The Morgan fingerprint density at radius 3 is 2.84 bits per heavy atom. The van der Waals surface area contributed by atoms with Crippen LogP contribution >= 0.6 is 0 Å². The van der Waals surface area contributed by atoms with Crippen molar-refractivity contribution in [1.29, 1.82) is 0 Å². The number of aromatic amines is 1. The van der Waals surface area contributed by atoms with Crippen molar-refractivity contribution in [3.8, 4) is 0 Å². The van der Waals surface area contributed by atoms with Crippen LogP contribution in [0.1, 0.15) is 12.0 Å². The summed E-state index contributed by atoms with van der Waals surface area (Å²) < 4.78 is 7.64. The van der Waals surface area contributed by atoms with Crippen molar-refractivity contribution in [2.75, 3.05) is 12.3 Å². The van der Waals surface area contributed by atoms with Crippen molar-refractivity contribution in [3.05, 3.63) is 52.6 Å². The first-order chi connectivity index (χ1) is 12.0. The van der Waals surface area contributed by atoms with Gasteiger partial charge in [0, 0.05) is 12.0 Å². The minimum absolute atomic E-state index is 0.0419. The largest absolute Gasteiger partial charge is 0.394 e. The molecule has 0 radical (unpaired) electrons. The molecule has 1 aliphatic heterocycles. The molecule has 0 unspecified atom stereocenters. The zero-order chi connectivity index (χ0) is 17.6. The van der Waals surface area contributed by atoms with Gasteiger partial charge in [-0.15, -0.1) is 0 Å². The van der Waals surface area contributed by atoms with Crippen LogP contribution in [0.4, 0.5) is 5.95 Å². The second-order valence-corrected chi connectivity index (χ2v) is 6.00.